The maximum atomic E-state index is 11.4. The van der Waals surface area contributed by atoms with Crippen molar-refractivity contribution in [3.63, 3.8) is 0 Å². The first-order valence-corrected chi connectivity index (χ1v) is 7.03. The number of rotatable bonds is 7. The van der Waals surface area contributed by atoms with Crippen LogP contribution in [0.25, 0.3) is 0 Å². The van der Waals surface area contributed by atoms with E-state index in [0.29, 0.717) is 12.5 Å². The zero-order chi connectivity index (χ0) is 12.1. The van der Waals surface area contributed by atoms with Gasteiger partial charge < -0.3 is 10.6 Å². The van der Waals surface area contributed by atoms with E-state index < -0.39 is 0 Å². The summed E-state index contributed by atoms with van der Waals surface area (Å²) in [5, 5.41) is 6.40. The molecule has 1 aliphatic carbocycles. The number of nitrogens with one attached hydrogen (secondary N) is 2. The summed E-state index contributed by atoms with van der Waals surface area (Å²) in [7, 11) is 0. The molecule has 1 aliphatic heterocycles. The molecule has 98 valence electrons. The van der Waals surface area contributed by atoms with Crippen LogP contribution >= 0.6 is 0 Å². The highest BCUT2D eigenvalue weighted by molar-refractivity contribution is 5.75. The molecule has 0 aromatic rings. The summed E-state index contributed by atoms with van der Waals surface area (Å²) in [5.41, 5.74) is 0. The number of amides is 1. The predicted molar refractivity (Wildman–Crippen MR) is 68.9 cm³/mol. The third-order valence-corrected chi connectivity index (χ3v) is 3.64. The Morgan fingerprint density at radius 2 is 2.12 bits per heavy atom. The van der Waals surface area contributed by atoms with E-state index in [1.807, 2.05) is 0 Å². The van der Waals surface area contributed by atoms with Gasteiger partial charge in [0.25, 0.3) is 0 Å². The van der Waals surface area contributed by atoms with Crippen LogP contribution in [-0.2, 0) is 4.79 Å². The monoisotopic (exact) mass is 239 g/mol. The van der Waals surface area contributed by atoms with Gasteiger partial charge >= 0.3 is 0 Å². The van der Waals surface area contributed by atoms with E-state index in [2.05, 4.69) is 22.5 Å². The standard InChI is InChI=1S/C13H25N3O/c1-2-7-15-13(17)5-8-14-11-6-9-16(10-11)12-3-4-12/h11-12,14H,2-10H2,1H3,(H,15,17). The molecule has 0 radical (unpaired) electrons. The van der Waals surface area contributed by atoms with Gasteiger partial charge in [0.05, 0.1) is 0 Å². The third-order valence-electron chi connectivity index (χ3n) is 3.64. The van der Waals surface area contributed by atoms with E-state index in [0.717, 1.165) is 25.6 Å². The lowest BCUT2D eigenvalue weighted by Crippen LogP contribution is -2.36. The Morgan fingerprint density at radius 1 is 1.29 bits per heavy atom. The van der Waals surface area contributed by atoms with Gasteiger partial charge in [0.1, 0.15) is 0 Å². The summed E-state index contributed by atoms with van der Waals surface area (Å²) in [4.78, 5) is 14.0. The average Bonchev–Trinajstić information content (AvgIpc) is 3.07. The fraction of sp³-hybridized carbons (Fsp3) is 0.923. The lowest BCUT2D eigenvalue weighted by Gasteiger charge is -2.15. The molecule has 4 nitrogen and oxygen atoms in total. The molecule has 0 aromatic heterocycles. The Hall–Kier alpha value is -0.610. The summed E-state index contributed by atoms with van der Waals surface area (Å²) >= 11 is 0. The van der Waals surface area contributed by atoms with Gasteiger partial charge in [0.15, 0.2) is 0 Å². The maximum absolute atomic E-state index is 11.4. The van der Waals surface area contributed by atoms with Gasteiger partial charge in [0, 0.05) is 44.7 Å². The van der Waals surface area contributed by atoms with Crippen LogP contribution in [0.4, 0.5) is 0 Å². The van der Waals surface area contributed by atoms with Gasteiger partial charge in [-0.25, -0.2) is 0 Å². The zero-order valence-corrected chi connectivity index (χ0v) is 10.9. The van der Waals surface area contributed by atoms with Crippen LogP contribution in [0.1, 0.15) is 39.0 Å². The molecular weight excluding hydrogens is 214 g/mol. The number of carbonyl (C=O) groups is 1. The van der Waals surface area contributed by atoms with Crippen LogP contribution in [0, 0.1) is 0 Å². The van der Waals surface area contributed by atoms with Crippen molar-refractivity contribution >= 4 is 5.91 Å². The van der Waals surface area contributed by atoms with Crippen LogP contribution in [0.15, 0.2) is 0 Å². The number of carbonyl (C=O) groups excluding carboxylic acids is 1. The first-order valence-electron chi connectivity index (χ1n) is 7.03. The fourth-order valence-corrected chi connectivity index (χ4v) is 2.47. The van der Waals surface area contributed by atoms with Crippen molar-refractivity contribution < 1.29 is 4.79 Å². The molecule has 1 atom stereocenters. The average molecular weight is 239 g/mol. The second-order valence-corrected chi connectivity index (χ2v) is 5.27. The van der Waals surface area contributed by atoms with Crippen molar-refractivity contribution in [2.24, 2.45) is 0 Å². The summed E-state index contributed by atoms with van der Waals surface area (Å²) in [6.45, 7) is 6.12. The number of nitrogens with zero attached hydrogens (tertiary/aromatic N) is 1. The van der Waals surface area contributed by atoms with E-state index in [4.69, 9.17) is 0 Å². The topological polar surface area (TPSA) is 44.4 Å². The Labute approximate surface area is 104 Å². The van der Waals surface area contributed by atoms with E-state index in [1.165, 1.54) is 32.4 Å². The van der Waals surface area contributed by atoms with Crippen LogP contribution in [0.2, 0.25) is 0 Å². The molecule has 17 heavy (non-hydrogen) atoms. The van der Waals surface area contributed by atoms with Crippen LogP contribution < -0.4 is 10.6 Å². The summed E-state index contributed by atoms with van der Waals surface area (Å²) < 4.78 is 0. The summed E-state index contributed by atoms with van der Waals surface area (Å²) in [5.74, 6) is 0.177. The van der Waals surface area contributed by atoms with E-state index in [1.54, 1.807) is 0 Å². The largest absolute Gasteiger partial charge is 0.356 e. The molecule has 0 bridgehead atoms. The Bertz CT molecular complexity index is 253. The lowest BCUT2D eigenvalue weighted by molar-refractivity contribution is -0.121. The number of likely N-dealkylation sites (tertiary alicyclic amines) is 1. The highest BCUT2D eigenvalue weighted by atomic mass is 16.1. The van der Waals surface area contributed by atoms with Gasteiger partial charge in [0.2, 0.25) is 5.91 Å². The fourth-order valence-electron chi connectivity index (χ4n) is 2.47. The molecule has 0 aromatic carbocycles. The van der Waals surface area contributed by atoms with Crippen molar-refractivity contribution in [3.8, 4) is 0 Å². The van der Waals surface area contributed by atoms with Gasteiger partial charge in [-0.3, -0.25) is 9.69 Å². The SMILES string of the molecule is CCCNC(=O)CCNC1CCN(C2CC2)C1. The van der Waals surface area contributed by atoms with E-state index in [9.17, 15) is 4.79 Å². The minimum Gasteiger partial charge on any atom is -0.356 e. The third kappa shape index (κ3) is 4.28. The summed E-state index contributed by atoms with van der Waals surface area (Å²) in [6.07, 6.45) is 5.66. The zero-order valence-electron chi connectivity index (χ0n) is 10.9. The highest BCUT2D eigenvalue weighted by Gasteiger charge is 2.33. The molecule has 1 heterocycles. The van der Waals surface area contributed by atoms with Crippen molar-refractivity contribution in [1.82, 2.24) is 15.5 Å². The highest BCUT2D eigenvalue weighted by Crippen LogP contribution is 2.29. The van der Waals surface area contributed by atoms with E-state index >= 15 is 0 Å². The molecule has 4 heteroatoms. The molecule has 1 saturated carbocycles. The van der Waals surface area contributed by atoms with E-state index in [-0.39, 0.29) is 5.91 Å². The molecule has 2 N–H and O–H groups in total. The van der Waals surface area contributed by atoms with Crippen LogP contribution in [0.3, 0.4) is 0 Å². The minimum atomic E-state index is 0.177. The smallest absolute Gasteiger partial charge is 0.221 e. The quantitative estimate of drug-likeness (QED) is 0.688. The summed E-state index contributed by atoms with van der Waals surface area (Å²) in [6, 6.07) is 1.49. The molecule has 1 amide bonds. The van der Waals surface area contributed by atoms with Crippen molar-refractivity contribution in [3.05, 3.63) is 0 Å². The lowest BCUT2D eigenvalue weighted by atomic mass is 10.2. The molecule has 2 fully saturated rings. The van der Waals surface area contributed by atoms with Crippen molar-refractivity contribution in [1.29, 1.82) is 0 Å². The normalized spacial score (nSPS) is 25.1. The first-order chi connectivity index (χ1) is 8.29. The Morgan fingerprint density at radius 3 is 2.82 bits per heavy atom. The van der Waals surface area contributed by atoms with Gasteiger partial charge in [-0.05, 0) is 25.7 Å². The predicted octanol–water partition coefficient (Wildman–Crippen LogP) is 0.729. The minimum absolute atomic E-state index is 0.177. The van der Waals surface area contributed by atoms with Crippen molar-refractivity contribution in [2.45, 2.75) is 51.1 Å². The van der Waals surface area contributed by atoms with Gasteiger partial charge in [-0.15, -0.1) is 0 Å². The molecule has 1 unspecified atom stereocenters. The van der Waals surface area contributed by atoms with Crippen LogP contribution in [-0.4, -0.2) is 49.1 Å². The van der Waals surface area contributed by atoms with Crippen molar-refractivity contribution in [2.75, 3.05) is 26.2 Å². The van der Waals surface area contributed by atoms with Gasteiger partial charge in [-0.1, -0.05) is 6.92 Å². The second-order valence-electron chi connectivity index (χ2n) is 5.27. The molecule has 2 rings (SSSR count). The maximum Gasteiger partial charge on any atom is 0.221 e. The Balaban J connectivity index is 1.52. The number of hydrogen-bond acceptors (Lipinski definition) is 3. The molecule has 0 spiro atoms. The van der Waals surface area contributed by atoms with Crippen LogP contribution in [0.5, 0.6) is 0 Å². The second kappa shape index (κ2) is 6.36. The van der Waals surface area contributed by atoms with Gasteiger partial charge in [-0.2, -0.15) is 0 Å². The number of hydrogen-bond donors (Lipinski definition) is 2. The first kappa shape index (κ1) is 12.8. The molecular formula is C13H25N3O. The molecule has 1 saturated heterocycles. The Kier molecular flexibility index (Phi) is 4.80. The molecule has 2 aliphatic rings.